The molecule has 2 rings (SSSR count). The molecule has 4 nitrogen and oxygen atoms in total. The summed E-state index contributed by atoms with van der Waals surface area (Å²) in [5.74, 6) is -0.0574. The van der Waals surface area contributed by atoms with Crippen LogP contribution in [0.3, 0.4) is 0 Å². The summed E-state index contributed by atoms with van der Waals surface area (Å²) in [7, 11) is 1.77. The van der Waals surface area contributed by atoms with E-state index in [-0.39, 0.29) is 12.2 Å². The fourth-order valence-corrected chi connectivity index (χ4v) is 2.10. The SMILES string of the molecule is Cc1nn(C)c(CC(=O)c2ccccc2N)c1Cl. The van der Waals surface area contributed by atoms with E-state index in [1.165, 1.54) is 0 Å². The number of nitrogens with zero attached hydrogens (tertiary/aromatic N) is 2. The molecule has 0 saturated carbocycles. The summed E-state index contributed by atoms with van der Waals surface area (Å²) in [6, 6.07) is 7.02. The van der Waals surface area contributed by atoms with Crippen LogP contribution in [0.2, 0.25) is 5.02 Å². The molecule has 0 saturated heterocycles. The van der Waals surface area contributed by atoms with Crippen molar-refractivity contribution in [3.63, 3.8) is 0 Å². The molecule has 18 heavy (non-hydrogen) atoms. The summed E-state index contributed by atoms with van der Waals surface area (Å²) in [6.07, 6.45) is 0.199. The van der Waals surface area contributed by atoms with E-state index >= 15 is 0 Å². The Balaban J connectivity index is 2.30. The van der Waals surface area contributed by atoms with Crippen LogP contribution in [0.1, 0.15) is 21.7 Å². The van der Waals surface area contributed by atoms with E-state index in [0.29, 0.717) is 22.0 Å². The summed E-state index contributed by atoms with van der Waals surface area (Å²) in [6.45, 7) is 1.81. The number of rotatable bonds is 3. The maximum absolute atomic E-state index is 12.2. The first-order valence-electron chi connectivity index (χ1n) is 5.56. The Morgan fingerprint density at radius 3 is 2.67 bits per heavy atom. The number of halogens is 1. The molecule has 2 aromatic rings. The average molecular weight is 264 g/mol. The van der Waals surface area contributed by atoms with Crippen molar-refractivity contribution in [2.75, 3.05) is 5.73 Å². The van der Waals surface area contributed by atoms with E-state index in [1.807, 2.05) is 6.92 Å². The van der Waals surface area contributed by atoms with Gasteiger partial charge >= 0.3 is 0 Å². The predicted octanol–water partition coefficient (Wildman–Crippen LogP) is 2.39. The van der Waals surface area contributed by atoms with Crippen molar-refractivity contribution >= 4 is 23.1 Å². The van der Waals surface area contributed by atoms with Crippen LogP contribution < -0.4 is 5.73 Å². The smallest absolute Gasteiger partial charge is 0.170 e. The highest BCUT2D eigenvalue weighted by Gasteiger charge is 2.17. The lowest BCUT2D eigenvalue weighted by Gasteiger charge is -2.05. The van der Waals surface area contributed by atoms with Gasteiger partial charge in [0.05, 0.1) is 22.8 Å². The van der Waals surface area contributed by atoms with E-state index in [2.05, 4.69) is 5.10 Å². The van der Waals surface area contributed by atoms with Gasteiger partial charge in [0.25, 0.3) is 0 Å². The van der Waals surface area contributed by atoms with Crippen molar-refractivity contribution in [1.82, 2.24) is 9.78 Å². The van der Waals surface area contributed by atoms with E-state index in [4.69, 9.17) is 17.3 Å². The first kappa shape index (κ1) is 12.6. The molecule has 1 aromatic heterocycles. The third-order valence-corrected chi connectivity index (χ3v) is 3.34. The molecule has 0 aliphatic carbocycles. The van der Waals surface area contributed by atoms with Gasteiger partial charge in [-0.3, -0.25) is 9.48 Å². The van der Waals surface area contributed by atoms with Crippen LogP contribution in [-0.2, 0) is 13.5 Å². The van der Waals surface area contributed by atoms with Crippen LogP contribution in [0.4, 0.5) is 5.69 Å². The van der Waals surface area contributed by atoms with E-state index < -0.39 is 0 Å². The number of carbonyl (C=O) groups excluding carboxylic acids is 1. The van der Waals surface area contributed by atoms with Crippen LogP contribution in [0.5, 0.6) is 0 Å². The quantitative estimate of drug-likeness (QED) is 0.683. The van der Waals surface area contributed by atoms with Gasteiger partial charge in [0.2, 0.25) is 0 Å². The van der Waals surface area contributed by atoms with Gasteiger partial charge in [-0.2, -0.15) is 5.10 Å². The Labute approximate surface area is 110 Å². The Morgan fingerprint density at radius 1 is 1.44 bits per heavy atom. The van der Waals surface area contributed by atoms with Crippen molar-refractivity contribution in [2.24, 2.45) is 7.05 Å². The number of benzene rings is 1. The molecule has 5 heteroatoms. The number of para-hydroxylation sites is 1. The molecule has 0 aliphatic rings. The van der Waals surface area contributed by atoms with Crippen molar-refractivity contribution in [3.05, 3.63) is 46.2 Å². The van der Waals surface area contributed by atoms with Gasteiger partial charge in [0.1, 0.15) is 0 Å². The molecule has 0 radical (unpaired) electrons. The third-order valence-electron chi connectivity index (χ3n) is 2.85. The van der Waals surface area contributed by atoms with E-state index in [0.717, 1.165) is 5.69 Å². The number of anilines is 1. The van der Waals surface area contributed by atoms with Crippen LogP contribution >= 0.6 is 11.6 Å². The topological polar surface area (TPSA) is 60.9 Å². The number of nitrogens with two attached hydrogens (primary N) is 1. The maximum Gasteiger partial charge on any atom is 0.170 e. The lowest BCUT2D eigenvalue weighted by atomic mass is 10.0. The molecule has 0 spiro atoms. The van der Waals surface area contributed by atoms with Crippen LogP contribution in [-0.4, -0.2) is 15.6 Å². The fraction of sp³-hybridized carbons (Fsp3) is 0.231. The highest BCUT2D eigenvalue weighted by molar-refractivity contribution is 6.32. The lowest BCUT2D eigenvalue weighted by molar-refractivity contribution is 0.0991. The fourth-order valence-electron chi connectivity index (χ4n) is 1.87. The standard InChI is InChI=1S/C13H14ClN3O/c1-8-13(14)11(17(2)16-8)7-12(18)9-5-3-4-6-10(9)15/h3-6H,7,15H2,1-2H3. The second-order valence-corrected chi connectivity index (χ2v) is 4.53. The van der Waals surface area contributed by atoms with Gasteiger partial charge in [-0.25, -0.2) is 0 Å². The van der Waals surface area contributed by atoms with Crippen molar-refractivity contribution < 1.29 is 4.79 Å². The minimum atomic E-state index is -0.0574. The number of aryl methyl sites for hydroxylation is 2. The van der Waals surface area contributed by atoms with Gasteiger partial charge in [-0.05, 0) is 19.1 Å². The molecule has 0 fully saturated rings. The second kappa shape index (κ2) is 4.82. The Kier molecular flexibility index (Phi) is 3.39. The zero-order valence-corrected chi connectivity index (χ0v) is 11.0. The molecule has 0 atom stereocenters. The normalized spacial score (nSPS) is 10.6. The minimum Gasteiger partial charge on any atom is -0.398 e. The number of ketones is 1. The molecule has 0 aliphatic heterocycles. The molecule has 2 N–H and O–H groups in total. The van der Waals surface area contributed by atoms with Gasteiger partial charge in [0, 0.05) is 18.3 Å². The number of hydrogen-bond acceptors (Lipinski definition) is 3. The molecular formula is C13H14ClN3O. The lowest BCUT2D eigenvalue weighted by Crippen LogP contribution is -2.10. The van der Waals surface area contributed by atoms with E-state index in [9.17, 15) is 4.79 Å². The second-order valence-electron chi connectivity index (χ2n) is 4.16. The van der Waals surface area contributed by atoms with Gasteiger partial charge in [0.15, 0.2) is 5.78 Å². The van der Waals surface area contributed by atoms with Crippen LogP contribution in [0.15, 0.2) is 24.3 Å². The number of aromatic nitrogens is 2. The number of nitrogen functional groups attached to an aromatic ring is 1. The molecule has 0 amide bonds. The van der Waals surface area contributed by atoms with Gasteiger partial charge in [-0.15, -0.1) is 0 Å². The average Bonchev–Trinajstić information content (AvgIpc) is 2.56. The summed E-state index contributed by atoms with van der Waals surface area (Å²) in [5, 5.41) is 4.72. The van der Waals surface area contributed by atoms with Crippen molar-refractivity contribution in [2.45, 2.75) is 13.3 Å². The van der Waals surface area contributed by atoms with Crippen molar-refractivity contribution in [3.8, 4) is 0 Å². The number of carbonyl (C=O) groups is 1. The monoisotopic (exact) mass is 263 g/mol. The molecule has 1 heterocycles. The maximum atomic E-state index is 12.2. The largest absolute Gasteiger partial charge is 0.398 e. The van der Waals surface area contributed by atoms with Crippen LogP contribution in [0.25, 0.3) is 0 Å². The number of Topliss-reactive ketones (excluding diaryl/α,β-unsaturated/α-hetero) is 1. The molecule has 94 valence electrons. The first-order valence-corrected chi connectivity index (χ1v) is 5.94. The summed E-state index contributed by atoms with van der Waals surface area (Å²) in [4.78, 5) is 12.2. The van der Waals surface area contributed by atoms with E-state index in [1.54, 1.807) is 36.0 Å². The minimum absolute atomic E-state index is 0.0574. The third kappa shape index (κ3) is 2.24. The first-order chi connectivity index (χ1) is 8.50. The highest BCUT2D eigenvalue weighted by Crippen LogP contribution is 2.22. The zero-order valence-electron chi connectivity index (χ0n) is 10.3. The number of hydrogen-bond donors (Lipinski definition) is 1. The Morgan fingerprint density at radius 2 is 2.11 bits per heavy atom. The summed E-state index contributed by atoms with van der Waals surface area (Å²) in [5.41, 5.74) is 8.22. The molecule has 0 unspecified atom stereocenters. The molecule has 0 bridgehead atoms. The highest BCUT2D eigenvalue weighted by atomic mass is 35.5. The van der Waals surface area contributed by atoms with Crippen LogP contribution in [0, 0.1) is 6.92 Å². The Hall–Kier alpha value is -1.81. The summed E-state index contributed by atoms with van der Waals surface area (Å²) >= 11 is 6.12. The molecular weight excluding hydrogens is 250 g/mol. The Bertz CT molecular complexity index is 604. The van der Waals surface area contributed by atoms with Gasteiger partial charge in [-0.1, -0.05) is 23.7 Å². The van der Waals surface area contributed by atoms with Gasteiger partial charge < -0.3 is 5.73 Å². The predicted molar refractivity (Wildman–Crippen MR) is 71.8 cm³/mol. The molecule has 1 aromatic carbocycles. The van der Waals surface area contributed by atoms with Crippen molar-refractivity contribution in [1.29, 1.82) is 0 Å². The zero-order chi connectivity index (χ0) is 13.3. The summed E-state index contributed by atoms with van der Waals surface area (Å²) < 4.78 is 1.63.